The Bertz CT molecular complexity index is 1600. The first-order valence-corrected chi connectivity index (χ1v) is 13.8. The van der Waals surface area contributed by atoms with Gasteiger partial charge in [-0.25, -0.2) is 0 Å². The second-order valence-electron chi connectivity index (χ2n) is 10.1. The second-order valence-corrected chi connectivity index (χ2v) is 10.5. The van der Waals surface area contributed by atoms with Crippen LogP contribution in [0, 0.1) is 10.1 Å². The van der Waals surface area contributed by atoms with Gasteiger partial charge in [-0.3, -0.25) is 19.7 Å². The number of fused-ring (bicyclic) bond motifs is 1. The fourth-order valence-corrected chi connectivity index (χ4v) is 5.02. The molecule has 11 heteroatoms. The second kappa shape index (κ2) is 13.4. The molecule has 4 aromatic rings. The molecule has 0 fully saturated rings. The summed E-state index contributed by atoms with van der Waals surface area (Å²) in [6, 6.07) is 16.8. The third kappa shape index (κ3) is 6.83. The predicted molar refractivity (Wildman–Crippen MR) is 161 cm³/mol. The van der Waals surface area contributed by atoms with Gasteiger partial charge in [-0.15, -0.1) is 0 Å². The summed E-state index contributed by atoms with van der Waals surface area (Å²) in [7, 11) is 3.11. The van der Waals surface area contributed by atoms with Gasteiger partial charge in [-0.1, -0.05) is 35.9 Å². The molecule has 0 saturated carbocycles. The van der Waals surface area contributed by atoms with E-state index >= 15 is 0 Å². The van der Waals surface area contributed by atoms with Crippen molar-refractivity contribution in [2.75, 3.05) is 27.3 Å². The fourth-order valence-electron chi connectivity index (χ4n) is 4.77. The number of nitrogens with zero attached hydrogens (tertiary/aromatic N) is 3. The molecule has 0 radical (unpaired) electrons. The molecule has 1 N–H and O–H groups in total. The average molecular weight is 593 g/mol. The molecule has 10 nitrogen and oxygen atoms in total. The van der Waals surface area contributed by atoms with E-state index in [9.17, 15) is 19.7 Å². The lowest BCUT2D eigenvalue weighted by Gasteiger charge is -2.30. The van der Waals surface area contributed by atoms with E-state index in [1.165, 1.54) is 17.0 Å². The number of carbonyl (C=O) groups is 2. The van der Waals surface area contributed by atoms with Crippen molar-refractivity contribution < 1.29 is 24.0 Å². The van der Waals surface area contributed by atoms with Gasteiger partial charge in [-0.2, -0.15) is 0 Å². The van der Waals surface area contributed by atoms with Crippen LogP contribution in [0.4, 0.5) is 5.69 Å². The van der Waals surface area contributed by atoms with Crippen LogP contribution < -0.4 is 9.47 Å². The van der Waals surface area contributed by atoms with E-state index in [0.717, 1.165) is 28.1 Å². The molecule has 1 heterocycles. The molecule has 0 unspecified atom stereocenters. The Kier molecular flexibility index (Phi) is 9.69. The standard InChI is InChI=1S/C31H33ClN4O6/c1-20(2)35(31(38)25-11-10-23(36(39)40)16-26(25)32)19-30(37)34(18-21-9-12-28(41-3)29(15-21)42-4)14-13-22-17-33-27-8-6-5-7-24(22)27/h5-12,15-17,20,33H,13-14,18-19H2,1-4H3. The Labute approximate surface area is 248 Å². The smallest absolute Gasteiger partial charge is 0.270 e. The topological polar surface area (TPSA) is 118 Å². The van der Waals surface area contributed by atoms with Crippen molar-refractivity contribution >= 4 is 40.0 Å². The summed E-state index contributed by atoms with van der Waals surface area (Å²) >= 11 is 6.26. The number of benzene rings is 3. The molecule has 2 amide bonds. The van der Waals surface area contributed by atoms with Gasteiger partial charge in [-0.05, 0) is 55.7 Å². The summed E-state index contributed by atoms with van der Waals surface area (Å²) in [6.07, 6.45) is 2.54. The molecule has 0 bridgehead atoms. The zero-order valence-electron chi connectivity index (χ0n) is 23.9. The first kappa shape index (κ1) is 30.4. The van der Waals surface area contributed by atoms with E-state index in [4.69, 9.17) is 21.1 Å². The molecule has 1 aromatic heterocycles. The number of nitro groups is 1. The molecule has 4 rings (SSSR count). The van der Waals surface area contributed by atoms with Gasteiger partial charge in [0.05, 0.1) is 29.7 Å². The number of non-ortho nitro benzene ring substituents is 1. The normalized spacial score (nSPS) is 11.0. The van der Waals surface area contributed by atoms with Crippen molar-refractivity contribution in [1.29, 1.82) is 0 Å². The number of nitrogens with one attached hydrogen (secondary N) is 1. The van der Waals surface area contributed by atoms with Crippen LogP contribution in [0.3, 0.4) is 0 Å². The number of halogens is 1. The lowest BCUT2D eigenvalue weighted by atomic mass is 10.1. The van der Waals surface area contributed by atoms with Gasteiger partial charge in [0.1, 0.15) is 6.54 Å². The van der Waals surface area contributed by atoms with E-state index in [1.807, 2.05) is 42.6 Å². The van der Waals surface area contributed by atoms with Crippen LogP contribution in [0.2, 0.25) is 5.02 Å². The monoisotopic (exact) mass is 592 g/mol. The van der Waals surface area contributed by atoms with E-state index in [0.29, 0.717) is 24.5 Å². The maximum Gasteiger partial charge on any atom is 0.270 e. The summed E-state index contributed by atoms with van der Waals surface area (Å²) in [4.78, 5) is 44.3. The minimum Gasteiger partial charge on any atom is -0.493 e. The van der Waals surface area contributed by atoms with Crippen LogP contribution in [0.1, 0.15) is 35.3 Å². The maximum atomic E-state index is 13.9. The van der Waals surface area contributed by atoms with E-state index < -0.39 is 10.8 Å². The van der Waals surface area contributed by atoms with Gasteiger partial charge >= 0.3 is 0 Å². The zero-order valence-corrected chi connectivity index (χ0v) is 24.7. The molecule has 3 aromatic carbocycles. The Morgan fingerprint density at radius 1 is 1.02 bits per heavy atom. The van der Waals surface area contributed by atoms with Crippen LogP contribution in [-0.4, -0.2) is 64.9 Å². The number of aromatic amines is 1. The van der Waals surface area contributed by atoms with Gasteiger partial charge in [0, 0.05) is 48.4 Å². The quantitative estimate of drug-likeness (QED) is 0.162. The van der Waals surface area contributed by atoms with Crippen LogP contribution in [0.15, 0.2) is 66.9 Å². The first-order valence-electron chi connectivity index (χ1n) is 13.4. The van der Waals surface area contributed by atoms with Crippen molar-refractivity contribution in [2.24, 2.45) is 0 Å². The number of hydrogen-bond donors (Lipinski definition) is 1. The van der Waals surface area contributed by atoms with Crippen LogP contribution in [-0.2, 0) is 17.8 Å². The minimum absolute atomic E-state index is 0.0474. The highest BCUT2D eigenvalue weighted by atomic mass is 35.5. The third-order valence-corrected chi connectivity index (χ3v) is 7.40. The molecule has 0 aliphatic carbocycles. The molecule has 0 spiro atoms. The van der Waals surface area contributed by atoms with Crippen LogP contribution in [0.25, 0.3) is 10.9 Å². The fraction of sp³-hybridized carbons (Fsp3) is 0.290. The molecule has 220 valence electrons. The number of methoxy groups -OCH3 is 2. The molecular formula is C31H33ClN4O6. The van der Waals surface area contributed by atoms with Crippen molar-refractivity contribution in [1.82, 2.24) is 14.8 Å². The van der Waals surface area contributed by atoms with Crippen molar-refractivity contribution in [2.45, 2.75) is 32.9 Å². The summed E-state index contributed by atoms with van der Waals surface area (Å²) in [5, 5.41) is 12.2. The summed E-state index contributed by atoms with van der Waals surface area (Å²) in [5.41, 5.74) is 2.80. The Balaban J connectivity index is 1.60. The number of carbonyl (C=O) groups excluding carboxylic acids is 2. The summed E-state index contributed by atoms with van der Waals surface area (Å²) in [5.74, 6) is 0.381. The van der Waals surface area contributed by atoms with Gasteiger partial charge in [0.2, 0.25) is 5.91 Å². The minimum atomic E-state index is -0.580. The largest absolute Gasteiger partial charge is 0.493 e. The van der Waals surface area contributed by atoms with E-state index in [2.05, 4.69) is 4.98 Å². The van der Waals surface area contributed by atoms with Crippen molar-refractivity contribution in [3.63, 3.8) is 0 Å². The first-order chi connectivity index (χ1) is 20.1. The van der Waals surface area contributed by atoms with E-state index in [1.54, 1.807) is 39.0 Å². The van der Waals surface area contributed by atoms with Crippen molar-refractivity contribution in [3.05, 3.63) is 98.7 Å². The highest BCUT2D eigenvalue weighted by Gasteiger charge is 2.27. The number of aromatic nitrogens is 1. The summed E-state index contributed by atoms with van der Waals surface area (Å²) in [6.45, 7) is 4.07. The van der Waals surface area contributed by atoms with Gasteiger partial charge < -0.3 is 24.3 Å². The molecule has 0 saturated heterocycles. The molecule has 0 aliphatic heterocycles. The number of hydrogen-bond acceptors (Lipinski definition) is 6. The average Bonchev–Trinajstić information content (AvgIpc) is 3.40. The third-order valence-electron chi connectivity index (χ3n) is 7.08. The number of H-pyrrole nitrogens is 1. The SMILES string of the molecule is COc1ccc(CN(CCc2c[nH]c3ccccc23)C(=O)CN(C(=O)c2ccc([N+](=O)[O-])cc2Cl)C(C)C)cc1OC. The number of nitro benzene ring substituents is 1. The Hall–Kier alpha value is -4.57. The van der Waals surface area contributed by atoms with E-state index in [-0.39, 0.29) is 41.3 Å². The van der Waals surface area contributed by atoms with Crippen LogP contribution >= 0.6 is 11.6 Å². The highest BCUT2D eigenvalue weighted by molar-refractivity contribution is 6.34. The number of ether oxygens (including phenoxy) is 2. The summed E-state index contributed by atoms with van der Waals surface area (Å²) < 4.78 is 10.8. The van der Waals surface area contributed by atoms with Crippen LogP contribution in [0.5, 0.6) is 11.5 Å². The van der Waals surface area contributed by atoms with Gasteiger partial charge in [0.25, 0.3) is 11.6 Å². The van der Waals surface area contributed by atoms with Crippen molar-refractivity contribution in [3.8, 4) is 11.5 Å². The predicted octanol–water partition coefficient (Wildman–Crippen LogP) is 5.87. The Morgan fingerprint density at radius 3 is 2.43 bits per heavy atom. The molecule has 0 atom stereocenters. The molecular weight excluding hydrogens is 560 g/mol. The number of para-hydroxylation sites is 1. The maximum absolute atomic E-state index is 13.9. The Morgan fingerprint density at radius 2 is 1.76 bits per heavy atom. The molecule has 42 heavy (non-hydrogen) atoms. The zero-order chi connectivity index (χ0) is 30.4. The molecule has 0 aliphatic rings. The lowest BCUT2D eigenvalue weighted by molar-refractivity contribution is -0.384. The lowest BCUT2D eigenvalue weighted by Crippen LogP contribution is -2.46. The number of rotatable bonds is 12. The van der Waals surface area contributed by atoms with Gasteiger partial charge in [0.15, 0.2) is 11.5 Å². The highest BCUT2D eigenvalue weighted by Crippen LogP contribution is 2.29. The number of amides is 2.